The van der Waals surface area contributed by atoms with Gasteiger partial charge in [-0.15, -0.1) is 0 Å². The Hall–Kier alpha value is -2.50. The molecule has 0 fully saturated rings. The Balaban J connectivity index is 1.75. The lowest BCUT2D eigenvalue weighted by Crippen LogP contribution is -2.34. The van der Waals surface area contributed by atoms with Crippen molar-refractivity contribution in [2.45, 2.75) is 6.04 Å². The number of rotatable bonds is 6. The van der Waals surface area contributed by atoms with Crippen molar-refractivity contribution < 1.29 is 9.53 Å². The second kappa shape index (κ2) is 7.81. The highest BCUT2D eigenvalue weighted by molar-refractivity contribution is 6.38. The Kier molecular flexibility index (Phi) is 5.49. The number of aromatic amines is 1. The number of carbonyl (C=O) groups is 1. The number of benzene rings is 2. The van der Waals surface area contributed by atoms with E-state index in [1.54, 1.807) is 7.11 Å². The number of methoxy groups -OCH3 is 1. The molecule has 1 heterocycles. The van der Waals surface area contributed by atoms with Crippen molar-refractivity contribution in [3.63, 3.8) is 0 Å². The Labute approximate surface area is 157 Å². The molecule has 2 aromatic carbocycles. The average Bonchev–Trinajstić information content (AvgIpc) is 2.99. The smallest absolute Gasteiger partial charge is 0.269 e. The van der Waals surface area contributed by atoms with Crippen LogP contribution in [0.3, 0.4) is 0 Å². The number of hydrogen-bond donors (Lipinski definition) is 2. The summed E-state index contributed by atoms with van der Waals surface area (Å²) >= 11 is 6.36. The molecule has 0 aliphatic carbocycles. The van der Waals surface area contributed by atoms with E-state index in [0.717, 1.165) is 22.2 Å². The summed E-state index contributed by atoms with van der Waals surface area (Å²) in [5.41, 5.74) is 2.33. The number of nitrogens with zero attached hydrogens (tertiary/aromatic N) is 1. The van der Waals surface area contributed by atoms with E-state index in [2.05, 4.69) is 15.2 Å². The number of H-pyrrole nitrogens is 1. The number of likely N-dealkylation sites (N-methyl/N-ethyl adjacent to an activating group) is 1. The van der Waals surface area contributed by atoms with Crippen molar-refractivity contribution in [3.05, 3.63) is 64.8 Å². The van der Waals surface area contributed by atoms with Crippen LogP contribution in [0, 0.1) is 0 Å². The van der Waals surface area contributed by atoms with Crippen molar-refractivity contribution >= 4 is 28.4 Å². The molecule has 1 amide bonds. The minimum atomic E-state index is -0.216. The first-order chi connectivity index (χ1) is 12.5. The summed E-state index contributed by atoms with van der Waals surface area (Å²) in [4.78, 5) is 17.8. The topological polar surface area (TPSA) is 57.4 Å². The van der Waals surface area contributed by atoms with Gasteiger partial charge in [-0.25, -0.2) is 0 Å². The molecule has 0 saturated heterocycles. The largest absolute Gasteiger partial charge is 0.497 e. The monoisotopic (exact) mass is 371 g/mol. The fourth-order valence-electron chi connectivity index (χ4n) is 2.97. The van der Waals surface area contributed by atoms with E-state index >= 15 is 0 Å². The molecule has 26 heavy (non-hydrogen) atoms. The highest BCUT2D eigenvalue weighted by Gasteiger charge is 2.19. The molecule has 0 aliphatic rings. The summed E-state index contributed by atoms with van der Waals surface area (Å²) in [6.07, 6.45) is 0. The van der Waals surface area contributed by atoms with Gasteiger partial charge in [-0.3, -0.25) is 4.79 Å². The third kappa shape index (κ3) is 3.69. The van der Waals surface area contributed by atoms with Gasteiger partial charge in [-0.1, -0.05) is 41.9 Å². The average molecular weight is 372 g/mol. The van der Waals surface area contributed by atoms with E-state index < -0.39 is 0 Å². The van der Waals surface area contributed by atoms with Gasteiger partial charge >= 0.3 is 0 Å². The van der Waals surface area contributed by atoms with Gasteiger partial charge in [0.15, 0.2) is 0 Å². The molecule has 1 aromatic heterocycles. The van der Waals surface area contributed by atoms with Crippen LogP contribution in [0.1, 0.15) is 22.1 Å². The van der Waals surface area contributed by atoms with Crippen LogP contribution >= 0.6 is 11.6 Å². The van der Waals surface area contributed by atoms with Crippen molar-refractivity contribution in [1.82, 2.24) is 15.2 Å². The number of nitrogens with one attached hydrogen (secondary N) is 2. The SMILES string of the molecule is COc1ccc(C(CNC(=O)c2[nH]c3ccccc3c2Cl)N(C)C)cc1. The number of carbonyl (C=O) groups excluding carboxylic acids is 1. The quantitative estimate of drug-likeness (QED) is 0.691. The molecule has 6 heteroatoms. The first-order valence-corrected chi connectivity index (χ1v) is 8.74. The molecule has 0 bridgehead atoms. The summed E-state index contributed by atoms with van der Waals surface area (Å²) in [6.45, 7) is 0.462. The van der Waals surface area contributed by atoms with E-state index in [0.29, 0.717) is 17.3 Å². The second-order valence-corrected chi connectivity index (χ2v) is 6.70. The highest BCUT2D eigenvalue weighted by Crippen LogP contribution is 2.27. The zero-order chi connectivity index (χ0) is 18.7. The van der Waals surface area contributed by atoms with E-state index in [1.165, 1.54) is 0 Å². The molecule has 136 valence electrons. The molecule has 0 spiro atoms. The van der Waals surface area contributed by atoms with Crippen LogP contribution in [0.2, 0.25) is 5.02 Å². The summed E-state index contributed by atoms with van der Waals surface area (Å²) in [5.74, 6) is 0.590. The predicted molar refractivity (Wildman–Crippen MR) is 105 cm³/mol. The van der Waals surface area contributed by atoms with Gasteiger partial charge in [-0.05, 0) is 37.9 Å². The van der Waals surface area contributed by atoms with Crippen molar-refractivity contribution in [2.24, 2.45) is 0 Å². The van der Waals surface area contributed by atoms with Gasteiger partial charge < -0.3 is 19.9 Å². The number of amides is 1. The summed E-state index contributed by atoms with van der Waals surface area (Å²) in [7, 11) is 5.61. The van der Waals surface area contributed by atoms with Crippen LogP contribution in [-0.4, -0.2) is 43.5 Å². The van der Waals surface area contributed by atoms with E-state index in [1.807, 2.05) is 62.6 Å². The minimum absolute atomic E-state index is 0.0352. The fraction of sp³-hybridized carbons (Fsp3) is 0.250. The molecule has 1 unspecified atom stereocenters. The van der Waals surface area contributed by atoms with E-state index in [4.69, 9.17) is 16.3 Å². The number of para-hydroxylation sites is 1. The van der Waals surface area contributed by atoms with Crippen LogP contribution in [0.5, 0.6) is 5.75 Å². The molecule has 3 aromatic rings. The number of hydrogen-bond acceptors (Lipinski definition) is 3. The van der Waals surface area contributed by atoms with Crippen LogP contribution in [0.25, 0.3) is 10.9 Å². The standard InChI is InChI=1S/C20H22ClN3O2/c1-24(2)17(13-8-10-14(26-3)11-9-13)12-22-20(25)19-18(21)15-6-4-5-7-16(15)23-19/h4-11,17,23H,12H2,1-3H3,(H,22,25). The van der Waals surface area contributed by atoms with Crippen molar-refractivity contribution in [1.29, 1.82) is 0 Å². The first kappa shape index (κ1) is 18.3. The van der Waals surface area contributed by atoms with E-state index in [-0.39, 0.29) is 11.9 Å². The van der Waals surface area contributed by atoms with Gasteiger partial charge in [-0.2, -0.15) is 0 Å². The summed E-state index contributed by atoms with van der Waals surface area (Å²) in [6, 6.07) is 15.5. The van der Waals surface area contributed by atoms with Gasteiger partial charge in [0.25, 0.3) is 5.91 Å². The van der Waals surface area contributed by atoms with Gasteiger partial charge in [0, 0.05) is 17.4 Å². The number of halogens is 1. The van der Waals surface area contributed by atoms with Crippen molar-refractivity contribution in [3.8, 4) is 5.75 Å². The van der Waals surface area contributed by atoms with Crippen LogP contribution < -0.4 is 10.1 Å². The maximum absolute atomic E-state index is 12.6. The summed E-state index contributed by atoms with van der Waals surface area (Å²) < 4.78 is 5.21. The zero-order valence-corrected chi connectivity index (χ0v) is 15.8. The molecular formula is C20H22ClN3O2. The molecule has 0 saturated carbocycles. The molecule has 2 N–H and O–H groups in total. The minimum Gasteiger partial charge on any atom is -0.497 e. The molecule has 1 atom stereocenters. The third-order valence-electron chi connectivity index (χ3n) is 4.45. The third-order valence-corrected chi connectivity index (χ3v) is 4.84. The Morgan fingerprint density at radius 3 is 2.50 bits per heavy atom. The van der Waals surface area contributed by atoms with Crippen molar-refractivity contribution in [2.75, 3.05) is 27.7 Å². The maximum atomic E-state index is 12.6. The predicted octanol–water partition coefficient (Wildman–Crippen LogP) is 3.86. The molecule has 0 radical (unpaired) electrons. The van der Waals surface area contributed by atoms with Gasteiger partial charge in [0.1, 0.15) is 11.4 Å². The fourth-order valence-corrected chi connectivity index (χ4v) is 3.26. The molecular weight excluding hydrogens is 350 g/mol. The first-order valence-electron chi connectivity index (χ1n) is 8.36. The normalized spacial score (nSPS) is 12.3. The highest BCUT2D eigenvalue weighted by atomic mass is 35.5. The lowest BCUT2D eigenvalue weighted by molar-refractivity contribution is 0.0938. The van der Waals surface area contributed by atoms with Crippen LogP contribution in [-0.2, 0) is 0 Å². The number of ether oxygens (including phenoxy) is 1. The Bertz CT molecular complexity index is 903. The summed E-state index contributed by atoms with van der Waals surface area (Å²) in [5, 5.41) is 4.28. The van der Waals surface area contributed by atoms with E-state index in [9.17, 15) is 4.79 Å². The molecule has 0 aliphatic heterocycles. The molecule has 3 rings (SSSR count). The van der Waals surface area contributed by atoms with Gasteiger partial charge in [0.2, 0.25) is 0 Å². The Morgan fingerprint density at radius 1 is 1.19 bits per heavy atom. The number of aromatic nitrogens is 1. The van der Waals surface area contributed by atoms with Gasteiger partial charge in [0.05, 0.1) is 18.2 Å². The Morgan fingerprint density at radius 2 is 1.88 bits per heavy atom. The number of fused-ring (bicyclic) bond motifs is 1. The van der Waals surface area contributed by atoms with Crippen LogP contribution in [0.15, 0.2) is 48.5 Å². The lowest BCUT2D eigenvalue weighted by atomic mass is 10.1. The van der Waals surface area contributed by atoms with Crippen LogP contribution in [0.4, 0.5) is 0 Å². The molecule has 5 nitrogen and oxygen atoms in total. The maximum Gasteiger partial charge on any atom is 0.269 e. The zero-order valence-electron chi connectivity index (χ0n) is 15.0. The lowest BCUT2D eigenvalue weighted by Gasteiger charge is -2.25. The second-order valence-electron chi connectivity index (χ2n) is 6.32.